The minimum absolute atomic E-state index is 0.323. The molecule has 170 valence electrons. The van der Waals surface area contributed by atoms with Crippen molar-refractivity contribution in [2.75, 3.05) is 11.1 Å². The fourth-order valence-electron chi connectivity index (χ4n) is 2.94. The highest BCUT2D eigenvalue weighted by Gasteiger charge is 2.20. The Kier molecular flexibility index (Phi) is 6.01. The highest BCUT2D eigenvalue weighted by Crippen LogP contribution is 2.27. The third kappa shape index (κ3) is 5.66. The lowest BCUT2D eigenvalue weighted by Crippen LogP contribution is -2.27. The molecule has 3 N–H and O–H groups in total. The van der Waals surface area contributed by atoms with Crippen molar-refractivity contribution >= 4 is 35.0 Å². The van der Waals surface area contributed by atoms with Crippen molar-refractivity contribution in [2.45, 2.75) is 32.9 Å². The molecule has 0 atom stereocenters. The summed E-state index contributed by atoms with van der Waals surface area (Å²) < 4.78 is 8.22. The van der Waals surface area contributed by atoms with Crippen LogP contribution in [0.2, 0.25) is 5.02 Å². The van der Waals surface area contributed by atoms with E-state index in [1.165, 1.54) is 18.6 Å². The Balaban J connectivity index is 1.49. The topological polar surface area (TPSA) is 126 Å². The molecule has 11 heteroatoms. The predicted molar refractivity (Wildman–Crippen MR) is 125 cm³/mol. The summed E-state index contributed by atoms with van der Waals surface area (Å²) >= 11 is 6.30. The number of nitrogens with one attached hydrogen (secondary N) is 1. The summed E-state index contributed by atoms with van der Waals surface area (Å²) in [6, 6.07) is 7.62. The first-order valence-corrected chi connectivity index (χ1v) is 10.5. The fraction of sp³-hybridized carbons (Fsp3) is 0.227. The van der Waals surface area contributed by atoms with Gasteiger partial charge in [0, 0.05) is 23.6 Å². The van der Waals surface area contributed by atoms with E-state index in [0.717, 1.165) is 10.2 Å². The van der Waals surface area contributed by atoms with Crippen LogP contribution in [0.1, 0.15) is 26.3 Å². The normalized spacial score (nSPS) is 11.4. The van der Waals surface area contributed by atoms with E-state index in [1.54, 1.807) is 31.6 Å². The monoisotopic (exact) mass is 466 g/mol. The third-order valence-electron chi connectivity index (χ3n) is 4.39. The van der Waals surface area contributed by atoms with Gasteiger partial charge in [0.25, 0.3) is 0 Å². The molecule has 0 unspecified atom stereocenters. The smallest absolute Gasteiger partial charge is 0.435 e. The number of anilines is 3. The van der Waals surface area contributed by atoms with Crippen molar-refractivity contribution in [3.8, 4) is 11.3 Å². The maximum absolute atomic E-state index is 12.2. The van der Waals surface area contributed by atoms with Crippen LogP contribution >= 0.6 is 11.6 Å². The first-order valence-electron chi connectivity index (χ1n) is 10.1. The van der Waals surface area contributed by atoms with E-state index in [1.807, 2.05) is 30.5 Å². The number of hydrogen-bond acceptors (Lipinski definition) is 8. The molecule has 33 heavy (non-hydrogen) atoms. The number of nitrogens with two attached hydrogens (primary N) is 1. The SMILES string of the molecule is CC(C)(C)OC(=O)n1cc(-c2nc(Nc3cnn(Cc4ccc(N)cc4)c3)ncc2Cl)cn1. The first kappa shape index (κ1) is 22.3. The van der Waals surface area contributed by atoms with Crippen LogP contribution in [0.4, 0.5) is 22.1 Å². The number of nitrogen functional groups attached to an aromatic ring is 1. The number of benzene rings is 1. The standard InChI is InChI=1S/C22H23ClN8O2/c1-22(2,3)33-21(32)31-12-15(8-27-31)19-18(23)10-25-20(29-19)28-17-9-26-30(13-17)11-14-4-6-16(24)7-5-14/h4-10,12-13H,11,24H2,1-3H3,(H,25,28,29). The van der Waals surface area contributed by atoms with Crippen molar-refractivity contribution < 1.29 is 9.53 Å². The van der Waals surface area contributed by atoms with Gasteiger partial charge in [0.15, 0.2) is 0 Å². The summed E-state index contributed by atoms with van der Waals surface area (Å²) in [6.45, 7) is 5.95. The molecule has 0 bridgehead atoms. The molecule has 0 fully saturated rings. The predicted octanol–water partition coefficient (Wildman–Crippen LogP) is 4.35. The molecule has 0 aliphatic heterocycles. The quantitative estimate of drug-likeness (QED) is 0.416. The van der Waals surface area contributed by atoms with E-state index in [-0.39, 0.29) is 0 Å². The van der Waals surface area contributed by atoms with Crippen molar-refractivity contribution in [1.82, 2.24) is 29.5 Å². The van der Waals surface area contributed by atoms with E-state index in [2.05, 4.69) is 25.5 Å². The molecule has 0 amide bonds. The Morgan fingerprint density at radius 2 is 1.88 bits per heavy atom. The maximum atomic E-state index is 12.2. The Labute approximate surface area is 195 Å². The van der Waals surface area contributed by atoms with Crippen LogP contribution in [0.25, 0.3) is 11.3 Å². The summed E-state index contributed by atoms with van der Waals surface area (Å²) in [5, 5.41) is 11.9. The Morgan fingerprint density at radius 1 is 1.12 bits per heavy atom. The number of rotatable bonds is 5. The number of halogens is 1. The van der Waals surface area contributed by atoms with Gasteiger partial charge in [-0.05, 0) is 38.5 Å². The molecule has 0 saturated heterocycles. The van der Waals surface area contributed by atoms with Gasteiger partial charge in [-0.15, -0.1) is 0 Å². The van der Waals surface area contributed by atoms with E-state index in [4.69, 9.17) is 22.1 Å². The molecule has 0 radical (unpaired) electrons. The highest BCUT2D eigenvalue weighted by atomic mass is 35.5. The number of hydrogen-bond donors (Lipinski definition) is 2. The zero-order valence-electron chi connectivity index (χ0n) is 18.4. The average Bonchev–Trinajstić information content (AvgIpc) is 3.40. The lowest BCUT2D eigenvalue weighted by Gasteiger charge is -2.18. The number of aromatic nitrogens is 6. The summed E-state index contributed by atoms with van der Waals surface area (Å²) in [4.78, 5) is 20.9. The number of carbonyl (C=O) groups excluding carboxylic acids is 1. The second-order valence-electron chi connectivity index (χ2n) is 8.34. The second-order valence-corrected chi connectivity index (χ2v) is 8.74. The van der Waals surface area contributed by atoms with Crippen LogP contribution in [-0.2, 0) is 11.3 Å². The maximum Gasteiger partial charge on any atom is 0.435 e. The van der Waals surface area contributed by atoms with Crippen LogP contribution in [0.15, 0.2) is 55.2 Å². The Morgan fingerprint density at radius 3 is 2.61 bits per heavy atom. The number of carbonyl (C=O) groups is 1. The molecule has 4 aromatic rings. The van der Waals surface area contributed by atoms with Gasteiger partial charge in [-0.25, -0.2) is 14.8 Å². The lowest BCUT2D eigenvalue weighted by atomic mass is 10.2. The summed E-state index contributed by atoms with van der Waals surface area (Å²) in [5.41, 5.74) is 8.58. The van der Waals surface area contributed by atoms with Gasteiger partial charge in [-0.3, -0.25) is 4.68 Å². The lowest BCUT2D eigenvalue weighted by molar-refractivity contribution is 0.0514. The molecule has 3 aromatic heterocycles. The minimum Gasteiger partial charge on any atom is -0.442 e. The van der Waals surface area contributed by atoms with Crippen molar-refractivity contribution in [3.63, 3.8) is 0 Å². The van der Waals surface area contributed by atoms with E-state index in [9.17, 15) is 4.79 Å². The molecule has 1 aromatic carbocycles. The van der Waals surface area contributed by atoms with Crippen LogP contribution in [0.3, 0.4) is 0 Å². The molecule has 4 rings (SSSR count). The van der Waals surface area contributed by atoms with Crippen LogP contribution in [0.5, 0.6) is 0 Å². The molecule has 0 saturated carbocycles. The number of nitrogens with zero attached hydrogens (tertiary/aromatic N) is 6. The van der Waals surface area contributed by atoms with Gasteiger partial charge >= 0.3 is 6.09 Å². The molecule has 10 nitrogen and oxygen atoms in total. The van der Waals surface area contributed by atoms with Gasteiger partial charge < -0.3 is 15.8 Å². The molecular formula is C22H23ClN8O2. The zero-order valence-corrected chi connectivity index (χ0v) is 19.1. The van der Waals surface area contributed by atoms with Crippen molar-refractivity contribution in [2.24, 2.45) is 0 Å². The first-order chi connectivity index (χ1) is 15.7. The van der Waals surface area contributed by atoms with Gasteiger partial charge in [0.05, 0.1) is 41.5 Å². The summed E-state index contributed by atoms with van der Waals surface area (Å²) in [5.74, 6) is 0.325. The highest BCUT2D eigenvalue weighted by molar-refractivity contribution is 6.32. The van der Waals surface area contributed by atoms with Crippen LogP contribution in [0, 0.1) is 0 Å². The minimum atomic E-state index is -0.634. The second kappa shape index (κ2) is 8.91. The van der Waals surface area contributed by atoms with E-state index in [0.29, 0.717) is 40.1 Å². The van der Waals surface area contributed by atoms with Crippen molar-refractivity contribution in [3.05, 3.63) is 65.8 Å². The summed E-state index contributed by atoms with van der Waals surface area (Å²) in [7, 11) is 0. The van der Waals surface area contributed by atoms with E-state index < -0.39 is 11.7 Å². The third-order valence-corrected chi connectivity index (χ3v) is 4.67. The van der Waals surface area contributed by atoms with Gasteiger partial charge in [-0.2, -0.15) is 14.9 Å². The molecule has 0 aliphatic rings. The van der Waals surface area contributed by atoms with Crippen LogP contribution < -0.4 is 11.1 Å². The Hall–Kier alpha value is -3.92. The molecule has 0 spiro atoms. The summed E-state index contributed by atoms with van der Waals surface area (Å²) in [6.07, 6.45) is 7.41. The van der Waals surface area contributed by atoms with Gasteiger partial charge in [0.1, 0.15) is 5.60 Å². The number of ether oxygens (including phenoxy) is 1. The van der Waals surface area contributed by atoms with Crippen LogP contribution in [-0.4, -0.2) is 41.2 Å². The molecule has 0 aliphatic carbocycles. The Bertz CT molecular complexity index is 1270. The van der Waals surface area contributed by atoms with Gasteiger partial charge in [-0.1, -0.05) is 23.7 Å². The molecular weight excluding hydrogens is 444 g/mol. The largest absolute Gasteiger partial charge is 0.442 e. The van der Waals surface area contributed by atoms with E-state index >= 15 is 0 Å². The fourth-order valence-corrected chi connectivity index (χ4v) is 3.14. The zero-order chi connectivity index (χ0) is 23.6. The van der Waals surface area contributed by atoms with Gasteiger partial charge in [0.2, 0.25) is 5.95 Å². The van der Waals surface area contributed by atoms with Crippen molar-refractivity contribution in [1.29, 1.82) is 0 Å². The molecule has 3 heterocycles. The average molecular weight is 467 g/mol.